The lowest BCUT2D eigenvalue weighted by molar-refractivity contribution is 0.632. The summed E-state index contributed by atoms with van der Waals surface area (Å²) in [5, 5.41) is 8.99. The number of anilines is 1. The summed E-state index contributed by atoms with van der Waals surface area (Å²) < 4.78 is 13.2. The Morgan fingerprint density at radius 2 is 2.05 bits per heavy atom. The van der Waals surface area contributed by atoms with Crippen LogP contribution in [0.1, 0.15) is 10.6 Å². The van der Waals surface area contributed by atoms with Gasteiger partial charge in [-0.05, 0) is 23.8 Å². The second kappa shape index (κ2) is 5.65. The van der Waals surface area contributed by atoms with Crippen molar-refractivity contribution < 1.29 is 4.39 Å². The molecule has 0 aliphatic carbocycles. The quantitative estimate of drug-likeness (QED) is 0.804. The first-order valence-electron chi connectivity index (χ1n) is 6.53. The van der Waals surface area contributed by atoms with Crippen molar-refractivity contribution in [3.8, 4) is 11.1 Å². The zero-order valence-electron chi connectivity index (χ0n) is 11.8. The van der Waals surface area contributed by atoms with E-state index in [1.807, 2.05) is 31.1 Å². The lowest BCUT2D eigenvalue weighted by Gasteiger charge is -2.12. The number of nitrogens with one attached hydrogen (secondary N) is 1. The molecule has 0 saturated heterocycles. The van der Waals surface area contributed by atoms with Gasteiger partial charge in [0.15, 0.2) is 5.82 Å². The number of nitrogens with zero attached hydrogens (tertiary/aromatic N) is 3. The molecule has 108 valence electrons. The zero-order valence-corrected chi connectivity index (χ0v) is 12.6. The van der Waals surface area contributed by atoms with Gasteiger partial charge in [0.2, 0.25) is 0 Å². The van der Waals surface area contributed by atoms with Crippen LogP contribution in [0.25, 0.3) is 11.1 Å². The van der Waals surface area contributed by atoms with Crippen molar-refractivity contribution in [2.24, 2.45) is 0 Å². The van der Waals surface area contributed by atoms with E-state index < -0.39 is 0 Å². The molecule has 21 heavy (non-hydrogen) atoms. The normalized spacial score (nSPS) is 10.8. The van der Waals surface area contributed by atoms with Crippen molar-refractivity contribution in [1.29, 1.82) is 0 Å². The Bertz CT molecular complexity index is 733. The van der Waals surface area contributed by atoms with E-state index in [9.17, 15) is 4.39 Å². The minimum absolute atomic E-state index is 0.187. The van der Waals surface area contributed by atoms with Gasteiger partial charge in [0.05, 0.1) is 5.69 Å². The van der Waals surface area contributed by atoms with Crippen molar-refractivity contribution in [3.05, 3.63) is 52.4 Å². The van der Waals surface area contributed by atoms with Crippen LogP contribution >= 0.6 is 11.3 Å². The van der Waals surface area contributed by atoms with Crippen LogP contribution in [-0.4, -0.2) is 29.3 Å². The van der Waals surface area contributed by atoms with E-state index in [1.54, 1.807) is 18.5 Å². The number of rotatable bonds is 4. The second-order valence-electron chi connectivity index (χ2n) is 4.94. The zero-order chi connectivity index (χ0) is 14.8. The molecule has 0 atom stereocenters. The minimum Gasteiger partial charge on any atom is -0.361 e. The molecule has 0 radical (unpaired) electrons. The maximum Gasteiger partial charge on any atom is 0.158 e. The van der Waals surface area contributed by atoms with E-state index >= 15 is 0 Å². The van der Waals surface area contributed by atoms with Crippen molar-refractivity contribution in [2.45, 2.75) is 6.42 Å². The Balaban J connectivity index is 2.05. The Morgan fingerprint density at radius 3 is 2.67 bits per heavy atom. The number of halogens is 1. The SMILES string of the molecule is CN(C)c1n[nH]c(Cc2cc(F)cs2)c1-c1ccncc1. The van der Waals surface area contributed by atoms with Gasteiger partial charge in [-0.3, -0.25) is 10.1 Å². The van der Waals surface area contributed by atoms with Gasteiger partial charge < -0.3 is 4.90 Å². The monoisotopic (exact) mass is 302 g/mol. The molecule has 0 aromatic carbocycles. The maximum absolute atomic E-state index is 13.2. The molecule has 0 amide bonds. The molecule has 0 aliphatic heterocycles. The fraction of sp³-hybridized carbons (Fsp3) is 0.200. The predicted molar refractivity (Wildman–Crippen MR) is 83.2 cm³/mol. The molecule has 6 heteroatoms. The van der Waals surface area contributed by atoms with Gasteiger partial charge in [0.25, 0.3) is 0 Å². The molecule has 3 aromatic rings. The van der Waals surface area contributed by atoms with Crippen LogP contribution in [0.3, 0.4) is 0 Å². The molecule has 0 spiro atoms. The molecule has 0 bridgehead atoms. The van der Waals surface area contributed by atoms with Gasteiger partial charge >= 0.3 is 0 Å². The van der Waals surface area contributed by atoms with E-state index in [0.29, 0.717) is 6.42 Å². The molecule has 3 heterocycles. The Morgan fingerprint density at radius 1 is 1.29 bits per heavy atom. The summed E-state index contributed by atoms with van der Waals surface area (Å²) >= 11 is 1.42. The van der Waals surface area contributed by atoms with Crippen LogP contribution in [0, 0.1) is 5.82 Å². The van der Waals surface area contributed by atoms with Gasteiger partial charge in [-0.1, -0.05) is 0 Å². The molecule has 0 fully saturated rings. The van der Waals surface area contributed by atoms with Crippen LogP contribution in [0.2, 0.25) is 0 Å². The third kappa shape index (κ3) is 2.80. The molecular weight excluding hydrogens is 287 g/mol. The van der Waals surface area contributed by atoms with Gasteiger partial charge in [0.1, 0.15) is 5.82 Å². The largest absolute Gasteiger partial charge is 0.361 e. The molecule has 1 N–H and O–H groups in total. The molecule has 3 rings (SSSR count). The highest BCUT2D eigenvalue weighted by Crippen LogP contribution is 2.32. The summed E-state index contributed by atoms with van der Waals surface area (Å²) in [6.45, 7) is 0. The standard InChI is InChI=1S/C15H15FN4S/c1-20(2)15-14(10-3-5-17-6-4-10)13(18-19-15)8-12-7-11(16)9-21-12/h3-7,9H,8H2,1-2H3,(H,18,19). The highest BCUT2D eigenvalue weighted by Gasteiger charge is 2.17. The van der Waals surface area contributed by atoms with E-state index in [-0.39, 0.29) is 5.82 Å². The highest BCUT2D eigenvalue weighted by atomic mass is 32.1. The second-order valence-corrected chi connectivity index (χ2v) is 5.93. The summed E-state index contributed by atoms with van der Waals surface area (Å²) in [5.74, 6) is 0.682. The Labute approximate surface area is 126 Å². The molecule has 0 saturated carbocycles. The van der Waals surface area contributed by atoms with Crippen molar-refractivity contribution in [2.75, 3.05) is 19.0 Å². The van der Waals surface area contributed by atoms with Crippen molar-refractivity contribution in [1.82, 2.24) is 15.2 Å². The molecular formula is C15H15FN4S. The number of aromatic amines is 1. The topological polar surface area (TPSA) is 44.8 Å². The number of hydrogen-bond donors (Lipinski definition) is 1. The van der Waals surface area contributed by atoms with E-state index in [4.69, 9.17) is 0 Å². The minimum atomic E-state index is -0.187. The Hall–Kier alpha value is -2.21. The highest BCUT2D eigenvalue weighted by molar-refractivity contribution is 7.09. The molecule has 0 aliphatic rings. The number of aromatic nitrogens is 3. The fourth-order valence-electron chi connectivity index (χ4n) is 2.26. The number of thiophene rings is 1. The Kier molecular flexibility index (Phi) is 3.70. The smallest absolute Gasteiger partial charge is 0.158 e. The number of pyridine rings is 1. The maximum atomic E-state index is 13.2. The van der Waals surface area contributed by atoms with Gasteiger partial charge in [0, 0.05) is 48.7 Å². The fourth-order valence-corrected chi connectivity index (χ4v) is 3.00. The lowest BCUT2D eigenvalue weighted by Crippen LogP contribution is -2.10. The first kappa shape index (κ1) is 13.8. The van der Waals surface area contributed by atoms with E-state index in [2.05, 4.69) is 15.2 Å². The summed E-state index contributed by atoms with van der Waals surface area (Å²) in [4.78, 5) is 6.99. The van der Waals surface area contributed by atoms with Gasteiger partial charge in [-0.15, -0.1) is 11.3 Å². The number of H-pyrrole nitrogens is 1. The van der Waals surface area contributed by atoms with Gasteiger partial charge in [-0.2, -0.15) is 5.10 Å². The molecule has 4 nitrogen and oxygen atoms in total. The van der Waals surface area contributed by atoms with Crippen LogP contribution in [0.4, 0.5) is 10.2 Å². The van der Waals surface area contributed by atoms with E-state index in [1.165, 1.54) is 16.7 Å². The first-order valence-corrected chi connectivity index (χ1v) is 7.41. The first-order chi connectivity index (χ1) is 10.1. The predicted octanol–water partition coefficient (Wildman–Crippen LogP) is 3.33. The van der Waals surface area contributed by atoms with Crippen LogP contribution in [-0.2, 0) is 6.42 Å². The number of hydrogen-bond acceptors (Lipinski definition) is 4. The van der Waals surface area contributed by atoms with Crippen LogP contribution < -0.4 is 4.90 Å². The third-order valence-electron chi connectivity index (χ3n) is 3.19. The summed E-state index contributed by atoms with van der Waals surface area (Å²) in [7, 11) is 3.91. The summed E-state index contributed by atoms with van der Waals surface area (Å²) in [6.07, 6.45) is 4.15. The lowest BCUT2D eigenvalue weighted by atomic mass is 10.0. The molecule has 3 aromatic heterocycles. The summed E-state index contributed by atoms with van der Waals surface area (Å²) in [5.41, 5.74) is 3.07. The van der Waals surface area contributed by atoms with Crippen LogP contribution in [0.15, 0.2) is 36.0 Å². The average molecular weight is 302 g/mol. The summed E-state index contributed by atoms with van der Waals surface area (Å²) in [6, 6.07) is 5.48. The van der Waals surface area contributed by atoms with Crippen LogP contribution in [0.5, 0.6) is 0 Å². The van der Waals surface area contributed by atoms with Crippen molar-refractivity contribution in [3.63, 3.8) is 0 Å². The van der Waals surface area contributed by atoms with Crippen molar-refractivity contribution >= 4 is 17.2 Å². The average Bonchev–Trinajstić information content (AvgIpc) is 3.07. The molecule has 0 unspecified atom stereocenters. The third-order valence-corrected chi connectivity index (χ3v) is 4.10. The van der Waals surface area contributed by atoms with E-state index in [0.717, 1.165) is 27.5 Å². The van der Waals surface area contributed by atoms with Gasteiger partial charge in [-0.25, -0.2) is 4.39 Å².